The number of aliphatic hydroxyl groups is 3. The van der Waals surface area contributed by atoms with Crippen molar-refractivity contribution < 1.29 is 43.9 Å². The number of methoxy groups -OCH3 is 3. The first-order valence-corrected chi connectivity index (χ1v) is 16.3. The van der Waals surface area contributed by atoms with Gasteiger partial charge in [0.2, 0.25) is 11.8 Å². The van der Waals surface area contributed by atoms with E-state index in [2.05, 4.69) is 27.9 Å². The van der Waals surface area contributed by atoms with Crippen LogP contribution in [0.1, 0.15) is 43.2 Å². The molecule has 0 bridgehead atoms. The molecule has 2 aromatic carbocycles. The molecule has 0 heterocycles. The fourth-order valence-electron chi connectivity index (χ4n) is 6.06. The van der Waals surface area contributed by atoms with Gasteiger partial charge in [0, 0.05) is 31.0 Å². The lowest BCUT2D eigenvalue weighted by atomic mass is 9.87. The van der Waals surface area contributed by atoms with Gasteiger partial charge in [0.25, 0.3) is 0 Å². The van der Waals surface area contributed by atoms with E-state index in [1.165, 1.54) is 7.11 Å². The summed E-state index contributed by atoms with van der Waals surface area (Å²) in [4.78, 5) is 29.1. The maximum Gasteiger partial charge on any atom is 0.247 e. The van der Waals surface area contributed by atoms with Crippen LogP contribution in [-0.4, -0.2) is 91.3 Å². The highest BCUT2D eigenvalue weighted by molar-refractivity contribution is 14.1. The van der Waals surface area contributed by atoms with Gasteiger partial charge in [-0.1, -0.05) is 12.8 Å². The van der Waals surface area contributed by atoms with E-state index < -0.39 is 24.2 Å². The molecule has 0 aromatic heterocycles. The van der Waals surface area contributed by atoms with Gasteiger partial charge in [0.05, 0.1) is 44.2 Å². The SMILES string of the molecule is COc1ccc(OC)c(CCN(C(=O)C2CCCC2)[C@@H]2CC(C(=O)NCCO)=C[C@H](Oc3c(I)cc(CO)cc3OC)[C@H]2O)c1. The topological polar surface area (TPSA) is 147 Å². The first kappa shape index (κ1) is 34.8. The van der Waals surface area contributed by atoms with Crippen molar-refractivity contribution in [3.8, 4) is 23.0 Å². The predicted octanol–water partition coefficient (Wildman–Crippen LogP) is 2.99. The Hall–Kier alpha value is -3.07. The van der Waals surface area contributed by atoms with Gasteiger partial charge in [-0.15, -0.1) is 0 Å². The molecule has 4 N–H and O–H groups in total. The highest BCUT2D eigenvalue weighted by Gasteiger charge is 2.42. The molecule has 0 spiro atoms. The van der Waals surface area contributed by atoms with Crippen molar-refractivity contribution in [3.63, 3.8) is 0 Å². The molecule has 0 radical (unpaired) electrons. The van der Waals surface area contributed by atoms with Crippen LogP contribution in [0.3, 0.4) is 0 Å². The number of carbonyl (C=O) groups is 2. The van der Waals surface area contributed by atoms with Crippen LogP contribution < -0.4 is 24.3 Å². The summed E-state index contributed by atoms with van der Waals surface area (Å²) in [5.74, 6) is 1.39. The van der Waals surface area contributed by atoms with Crippen LogP contribution in [0.25, 0.3) is 0 Å². The molecule has 2 aliphatic rings. The maximum absolute atomic E-state index is 14.1. The minimum atomic E-state index is -1.19. The summed E-state index contributed by atoms with van der Waals surface area (Å²) in [6, 6.07) is 8.13. The average molecular weight is 739 g/mol. The lowest BCUT2D eigenvalue weighted by Crippen LogP contribution is -2.56. The summed E-state index contributed by atoms with van der Waals surface area (Å²) in [5.41, 5.74) is 1.82. The molecule has 0 unspecified atom stereocenters. The normalized spacial score (nSPS) is 19.9. The number of rotatable bonds is 14. The van der Waals surface area contributed by atoms with Crippen LogP contribution in [-0.2, 0) is 22.6 Å². The zero-order valence-corrected chi connectivity index (χ0v) is 28.1. The van der Waals surface area contributed by atoms with Crippen LogP contribution in [0.5, 0.6) is 23.0 Å². The Labute approximate surface area is 277 Å². The molecule has 1 saturated carbocycles. The largest absolute Gasteiger partial charge is 0.497 e. The standard InChI is InChI=1S/C33H43IN2O9/c1-42-24-8-9-27(43-2)22(16-24)10-12-36(33(41)21-6-4-5-7-21)26-17-23(32(40)35-11-13-37)18-28(30(26)39)45-31-25(34)14-20(19-38)15-29(31)44-3/h8-9,14-16,18,21,26,28,30,37-39H,4-7,10-13,17,19H2,1-3H3,(H,35,40)/t26-,28+,30+/m1/s1. The van der Waals surface area contributed by atoms with Crippen molar-refractivity contribution >= 4 is 34.4 Å². The van der Waals surface area contributed by atoms with E-state index in [4.69, 9.17) is 18.9 Å². The minimum Gasteiger partial charge on any atom is -0.497 e. The molecule has 1 fully saturated rings. The van der Waals surface area contributed by atoms with Gasteiger partial charge in [-0.25, -0.2) is 0 Å². The number of aliphatic hydroxyl groups excluding tert-OH is 3. The van der Waals surface area contributed by atoms with Crippen molar-refractivity contribution in [1.82, 2.24) is 10.2 Å². The van der Waals surface area contributed by atoms with Crippen LogP contribution in [0.2, 0.25) is 0 Å². The maximum atomic E-state index is 14.1. The molecule has 12 heteroatoms. The number of nitrogens with one attached hydrogen (secondary N) is 1. The van der Waals surface area contributed by atoms with Crippen molar-refractivity contribution in [2.24, 2.45) is 5.92 Å². The van der Waals surface area contributed by atoms with Crippen LogP contribution in [0, 0.1) is 9.49 Å². The third-order valence-electron chi connectivity index (χ3n) is 8.44. The second-order valence-electron chi connectivity index (χ2n) is 11.2. The van der Waals surface area contributed by atoms with Crippen molar-refractivity contribution in [1.29, 1.82) is 0 Å². The number of halogens is 1. The molecule has 0 aliphatic heterocycles. The Morgan fingerprint density at radius 1 is 1.02 bits per heavy atom. The van der Waals surface area contributed by atoms with E-state index in [1.807, 2.05) is 12.1 Å². The molecule has 45 heavy (non-hydrogen) atoms. The summed E-state index contributed by atoms with van der Waals surface area (Å²) in [6.45, 7) is -0.0903. The number of amides is 2. The van der Waals surface area contributed by atoms with E-state index in [0.717, 1.165) is 31.2 Å². The Morgan fingerprint density at radius 2 is 1.76 bits per heavy atom. The summed E-state index contributed by atoms with van der Waals surface area (Å²) >= 11 is 2.07. The van der Waals surface area contributed by atoms with Crippen LogP contribution in [0.4, 0.5) is 0 Å². The molecule has 11 nitrogen and oxygen atoms in total. The predicted molar refractivity (Wildman–Crippen MR) is 176 cm³/mol. The third kappa shape index (κ3) is 8.40. The number of hydrogen-bond donors (Lipinski definition) is 4. The molecule has 3 atom stereocenters. The number of hydrogen-bond acceptors (Lipinski definition) is 9. The fourth-order valence-corrected chi connectivity index (χ4v) is 6.85. The van der Waals surface area contributed by atoms with E-state index in [0.29, 0.717) is 44.1 Å². The monoisotopic (exact) mass is 738 g/mol. The average Bonchev–Trinajstić information content (AvgIpc) is 3.60. The van der Waals surface area contributed by atoms with Gasteiger partial charge < -0.3 is 44.5 Å². The van der Waals surface area contributed by atoms with Gasteiger partial charge in [-0.3, -0.25) is 9.59 Å². The van der Waals surface area contributed by atoms with Gasteiger partial charge in [-0.05, 0) is 89.4 Å². The first-order chi connectivity index (χ1) is 21.7. The van der Waals surface area contributed by atoms with E-state index in [-0.39, 0.29) is 44.5 Å². The molecule has 2 amide bonds. The van der Waals surface area contributed by atoms with Crippen molar-refractivity contribution in [2.45, 2.75) is 63.4 Å². The van der Waals surface area contributed by atoms with Crippen molar-refractivity contribution in [3.05, 3.63) is 56.7 Å². The molecule has 2 aromatic rings. The van der Waals surface area contributed by atoms with Gasteiger partial charge >= 0.3 is 0 Å². The number of ether oxygens (including phenoxy) is 4. The Kier molecular flexibility index (Phi) is 12.7. The highest BCUT2D eigenvalue weighted by atomic mass is 127. The van der Waals surface area contributed by atoms with Gasteiger partial charge in [0.15, 0.2) is 11.5 Å². The van der Waals surface area contributed by atoms with E-state index in [9.17, 15) is 24.9 Å². The van der Waals surface area contributed by atoms with E-state index >= 15 is 0 Å². The number of nitrogens with zero attached hydrogens (tertiary/aromatic N) is 1. The molecule has 0 saturated heterocycles. The van der Waals surface area contributed by atoms with Crippen LogP contribution in [0.15, 0.2) is 42.0 Å². The molecule has 246 valence electrons. The van der Waals surface area contributed by atoms with Crippen LogP contribution >= 0.6 is 22.6 Å². The molecular weight excluding hydrogens is 695 g/mol. The van der Waals surface area contributed by atoms with Gasteiger partial charge in [-0.2, -0.15) is 0 Å². The number of carbonyl (C=O) groups excluding carboxylic acids is 2. The fraction of sp³-hybridized carbons (Fsp3) is 0.515. The quantitative estimate of drug-likeness (QED) is 0.215. The second kappa shape index (κ2) is 16.5. The lowest BCUT2D eigenvalue weighted by molar-refractivity contribution is -0.142. The summed E-state index contributed by atoms with van der Waals surface area (Å²) in [7, 11) is 4.66. The summed E-state index contributed by atoms with van der Waals surface area (Å²) in [6.07, 6.45) is 3.38. The molecular formula is C33H43IN2O9. The third-order valence-corrected chi connectivity index (χ3v) is 9.24. The first-order valence-electron chi connectivity index (χ1n) is 15.2. The minimum absolute atomic E-state index is 0.0591. The summed E-state index contributed by atoms with van der Waals surface area (Å²) in [5, 5.41) is 33.6. The Bertz CT molecular complexity index is 1360. The zero-order valence-electron chi connectivity index (χ0n) is 26.0. The highest BCUT2D eigenvalue weighted by Crippen LogP contribution is 2.38. The van der Waals surface area contributed by atoms with E-state index in [1.54, 1.807) is 43.4 Å². The molecule has 2 aliphatic carbocycles. The van der Waals surface area contributed by atoms with Gasteiger partial charge in [0.1, 0.15) is 23.7 Å². The zero-order chi connectivity index (χ0) is 32.5. The second-order valence-corrected chi connectivity index (χ2v) is 12.4. The smallest absolute Gasteiger partial charge is 0.247 e. The summed E-state index contributed by atoms with van der Waals surface area (Å²) < 4.78 is 23.6. The molecule has 4 rings (SSSR count). The Morgan fingerprint density at radius 3 is 2.40 bits per heavy atom. The lowest BCUT2D eigenvalue weighted by Gasteiger charge is -2.41. The number of benzene rings is 2. The Balaban J connectivity index is 1.72. The van der Waals surface area contributed by atoms with Crippen molar-refractivity contribution in [2.75, 3.05) is 41.0 Å².